The van der Waals surface area contributed by atoms with Gasteiger partial charge >= 0.3 is 0 Å². The second-order valence-electron chi connectivity index (χ2n) is 5.86. The summed E-state index contributed by atoms with van der Waals surface area (Å²) in [7, 11) is 0. The van der Waals surface area contributed by atoms with Crippen molar-refractivity contribution < 1.29 is 19.1 Å². The third-order valence-corrected chi connectivity index (χ3v) is 5.10. The Bertz CT molecular complexity index is 1000. The lowest BCUT2D eigenvalue weighted by atomic mass is 10.2. The molecular formula is C18H16N2O5S. The van der Waals surface area contributed by atoms with Crippen LogP contribution in [0.15, 0.2) is 44.9 Å². The summed E-state index contributed by atoms with van der Waals surface area (Å²) in [5.41, 5.74) is 0.978. The molecule has 3 heterocycles. The predicted octanol–water partition coefficient (Wildman–Crippen LogP) is 2.65. The van der Waals surface area contributed by atoms with Gasteiger partial charge in [0.15, 0.2) is 11.5 Å². The first kappa shape index (κ1) is 16.6. The fourth-order valence-electron chi connectivity index (χ4n) is 2.77. The minimum absolute atomic E-state index is 0.116. The van der Waals surface area contributed by atoms with E-state index >= 15 is 0 Å². The van der Waals surface area contributed by atoms with Crippen LogP contribution < -0.4 is 15.6 Å². The first-order valence-electron chi connectivity index (χ1n) is 8.10. The molecule has 1 aliphatic heterocycles. The number of carbonyl (C=O) groups is 1. The van der Waals surface area contributed by atoms with Gasteiger partial charge in [-0.3, -0.25) is 9.59 Å². The van der Waals surface area contributed by atoms with Crippen LogP contribution >= 0.6 is 11.3 Å². The number of carbonyl (C=O) groups excluding carboxylic acids is 1. The largest absolute Gasteiger partial charge is 0.508 e. The summed E-state index contributed by atoms with van der Waals surface area (Å²) in [4.78, 5) is 27.0. The molecule has 0 atom stereocenters. The molecule has 26 heavy (non-hydrogen) atoms. The molecule has 2 aromatic heterocycles. The molecule has 0 saturated carbocycles. The highest BCUT2D eigenvalue weighted by Crippen LogP contribution is 2.28. The van der Waals surface area contributed by atoms with Crippen LogP contribution in [-0.2, 0) is 4.74 Å². The minimum Gasteiger partial charge on any atom is -0.508 e. The number of aromatic hydroxyl groups is 1. The monoisotopic (exact) mass is 372 g/mol. The maximum atomic E-state index is 12.6. The number of fused-ring (bicyclic) bond motifs is 1. The molecule has 7 nitrogen and oxygen atoms in total. The van der Waals surface area contributed by atoms with E-state index in [0.717, 1.165) is 0 Å². The fraction of sp³-hybridized carbons (Fsp3) is 0.222. The maximum absolute atomic E-state index is 12.6. The van der Waals surface area contributed by atoms with Crippen LogP contribution in [0.5, 0.6) is 5.75 Å². The number of rotatable bonds is 3. The van der Waals surface area contributed by atoms with E-state index in [-0.39, 0.29) is 17.1 Å². The number of nitrogens with zero attached hydrogens (tertiary/aromatic N) is 1. The van der Waals surface area contributed by atoms with E-state index in [1.165, 1.54) is 29.5 Å². The highest BCUT2D eigenvalue weighted by Gasteiger charge is 2.21. The molecule has 1 amide bonds. The number of hydrogen-bond acceptors (Lipinski definition) is 7. The number of phenols is 1. The van der Waals surface area contributed by atoms with Crippen molar-refractivity contribution in [3.63, 3.8) is 0 Å². The van der Waals surface area contributed by atoms with Gasteiger partial charge in [0, 0.05) is 30.2 Å². The third kappa shape index (κ3) is 3.16. The molecule has 2 N–H and O–H groups in total. The smallest absolute Gasteiger partial charge is 0.260 e. The number of thiophene rings is 1. The predicted molar refractivity (Wildman–Crippen MR) is 99.5 cm³/mol. The fourth-order valence-corrected chi connectivity index (χ4v) is 3.65. The van der Waals surface area contributed by atoms with E-state index in [0.29, 0.717) is 53.7 Å². The second kappa shape index (κ2) is 6.81. The molecule has 0 aliphatic carbocycles. The van der Waals surface area contributed by atoms with E-state index in [1.54, 1.807) is 17.5 Å². The Morgan fingerprint density at radius 2 is 1.92 bits per heavy atom. The van der Waals surface area contributed by atoms with Gasteiger partial charge < -0.3 is 24.5 Å². The molecule has 0 unspecified atom stereocenters. The number of hydrogen-bond donors (Lipinski definition) is 2. The molecular weight excluding hydrogens is 356 g/mol. The summed E-state index contributed by atoms with van der Waals surface area (Å²) in [6, 6.07) is 7.62. The van der Waals surface area contributed by atoms with Crippen LogP contribution in [0.25, 0.3) is 10.3 Å². The van der Waals surface area contributed by atoms with E-state index in [2.05, 4.69) is 5.32 Å². The molecule has 1 aromatic carbocycles. The Morgan fingerprint density at radius 1 is 1.19 bits per heavy atom. The standard InChI is InChI=1S/C18H16N2O5S/c21-12-3-1-11(2-4-12)19-18(23)13-10-26-17-14(22)9-15(25-16(13)17)20-5-7-24-8-6-20/h1-4,9-10,21H,5-8H2,(H,19,23). The Labute approximate surface area is 152 Å². The van der Waals surface area contributed by atoms with Gasteiger partial charge in [-0.05, 0) is 24.3 Å². The number of ether oxygens (including phenoxy) is 1. The Kier molecular flexibility index (Phi) is 4.36. The zero-order chi connectivity index (χ0) is 18.1. The van der Waals surface area contributed by atoms with Crippen molar-refractivity contribution in [1.29, 1.82) is 0 Å². The van der Waals surface area contributed by atoms with Gasteiger partial charge in [0.1, 0.15) is 10.4 Å². The molecule has 134 valence electrons. The average molecular weight is 372 g/mol. The van der Waals surface area contributed by atoms with Crippen molar-refractivity contribution in [2.24, 2.45) is 0 Å². The van der Waals surface area contributed by atoms with Gasteiger partial charge in [0.05, 0.1) is 18.8 Å². The van der Waals surface area contributed by atoms with Crippen LogP contribution in [0.1, 0.15) is 10.4 Å². The molecule has 3 aromatic rings. The Hall–Kier alpha value is -2.84. The van der Waals surface area contributed by atoms with Crippen LogP contribution in [0.2, 0.25) is 0 Å². The molecule has 0 spiro atoms. The number of phenolic OH excluding ortho intramolecular Hbond substituents is 1. The molecule has 8 heteroatoms. The zero-order valence-corrected chi connectivity index (χ0v) is 14.5. The van der Waals surface area contributed by atoms with Crippen molar-refractivity contribution in [2.45, 2.75) is 0 Å². The summed E-state index contributed by atoms with van der Waals surface area (Å²) in [6.45, 7) is 2.40. The first-order valence-corrected chi connectivity index (χ1v) is 8.98. The van der Waals surface area contributed by atoms with Crippen molar-refractivity contribution in [3.05, 3.63) is 51.5 Å². The maximum Gasteiger partial charge on any atom is 0.260 e. The summed E-state index contributed by atoms with van der Waals surface area (Å²) in [6.07, 6.45) is 0. The van der Waals surface area contributed by atoms with E-state index in [1.807, 2.05) is 4.90 Å². The van der Waals surface area contributed by atoms with Gasteiger partial charge in [0.25, 0.3) is 5.91 Å². The van der Waals surface area contributed by atoms with Crippen molar-refractivity contribution in [1.82, 2.24) is 0 Å². The number of amides is 1. The van der Waals surface area contributed by atoms with Crippen molar-refractivity contribution in [3.8, 4) is 5.75 Å². The van der Waals surface area contributed by atoms with Crippen LogP contribution in [0.3, 0.4) is 0 Å². The van der Waals surface area contributed by atoms with Gasteiger partial charge in [0.2, 0.25) is 5.43 Å². The van der Waals surface area contributed by atoms with E-state index in [9.17, 15) is 14.7 Å². The van der Waals surface area contributed by atoms with Gasteiger partial charge in [-0.15, -0.1) is 11.3 Å². The van der Waals surface area contributed by atoms with E-state index < -0.39 is 0 Å². The molecule has 0 radical (unpaired) electrons. The van der Waals surface area contributed by atoms with Crippen LogP contribution in [-0.4, -0.2) is 37.3 Å². The topological polar surface area (TPSA) is 92.0 Å². The number of anilines is 2. The molecule has 0 bridgehead atoms. The SMILES string of the molecule is O=C(Nc1ccc(O)cc1)c1csc2c(=O)cc(N3CCOCC3)oc12. The van der Waals surface area contributed by atoms with Gasteiger partial charge in [-0.2, -0.15) is 0 Å². The van der Waals surface area contributed by atoms with Crippen LogP contribution in [0.4, 0.5) is 11.6 Å². The lowest BCUT2D eigenvalue weighted by Gasteiger charge is -2.27. The minimum atomic E-state index is -0.371. The number of benzene rings is 1. The van der Waals surface area contributed by atoms with Gasteiger partial charge in [-0.1, -0.05) is 0 Å². The quantitative estimate of drug-likeness (QED) is 0.687. The van der Waals surface area contributed by atoms with E-state index in [4.69, 9.17) is 9.15 Å². The average Bonchev–Trinajstić information content (AvgIpc) is 3.09. The second-order valence-corrected chi connectivity index (χ2v) is 6.74. The van der Waals surface area contributed by atoms with Crippen molar-refractivity contribution >= 4 is 39.1 Å². The third-order valence-electron chi connectivity index (χ3n) is 4.12. The first-order chi connectivity index (χ1) is 12.6. The molecule has 1 fully saturated rings. The normalized spacial score (nSPS) is 14.5. The van der Waals surface area contributed by atoms with Crippen LogP contribution in [0, 0.1) is 0 Å². The molecule has 1 aliphatic rings. The Morgan fingerprint density at radius 3 is 2.65 bits per heavy atom. The summed E-state index contributed by atoms with van der Waals surface area (Å²) in [5.74, 6) is 0.192. The number of morpholine rings is 1. The van der Waals surface area contributed by atoms with Gasteiger partial charge in [-0.25, -0.2) is 0 Å². The zero-order valence-electron chi connectivity index (χ0n) is 13.7. The summed E-state index contributed by atoms with van der Waals surface area (Å²) < 4.78 is 11.6. The molecule has 4 rings (SSSR count). The van der Waals surface area contributed by atoms with Crippen molar-refractivity contribution in [2.75, 3.05) is 36.5 Å². The number of nitrogens with one attached hydrogen (secondary N) is 1. The Balaban J connectivity index is 1.68. The summed E-state index contributed by atoms with van der Waals surface area (Å²) >= 11 is 1.19. The lowest BCUT2D eigenvalue weighted by Crippen LogP contribution is -2.36. The lowest BCUT2D eigenvalue weighted by molar-refractivity contribution is 0.102. The highest BCUT2D eigenvalue weighted by molar-refractivity contribution is 7.17. The molecule has 1 saturated heterocycles. The highest BCUT2D eigenvalue weighted by atomic mass is 32.1. The summed E-state index contributed by atoms with van der Waals surface area (Å²) in [5, 5.41) is 13.7.